The molecule has 2 atom stereocenters. The van der Waals surface area contributed by atoms with E-state index in [2.05, 4.69) is 74.1 Å². The molecule has 0 spiro atoms. The van der Waals surface area contributed by atoms with Crippen LogP contribution < -0.4 is 24.0 Å². The molecule has 0 radical (unpaired) electrons. The summed E-state index contributed by atoms with van der Waals surface area (Å²) in [5.74, 6) is 3.01. The van der Waals surface area contributed by atoms with Crippen molar-refractivity contribution in [2.24, 2.45) is 0 Å². The number of esters is 2. The van der Waals surface area contributed by atoms with Crippen molar-refractivity contribution in [3.05, 3.63) is 129 Å². The molecule has 6 rings (SSSR count). The van der Waals surface area contributed by atoms with Crippen LogP contribution >= 0.6 is 64.3 Å². The Kier molecular flexibility index (Phi) is 26.8. The number of methoxy groups -OCH3 is 2. The molecule has 15 nitrogen and oxygen atoms in total. The Morgan fingerprint density at radius 2 is 1.19 bits per heavy atom. The minimum absolute atomic E-state index is 0. The van der Waals surface area contributed by atoms with Crippen molar-refractivity contribution < 1.29 is 47.8 Å². The fourth-order valence-corrected chi connectivity index (χ4v) is 4.41. The first kappa shape index (κ1) is 53.7. The van der Waals surface area contributed by atoms with Crippen LogP contribution in [0.3, 0.4) is 0 Å². The van der Waals surface area contributed by atoms with Crippen LogP contribution in [0.2, 0.25) is 20.2 Å². The second kappa shape index (κ2) is 29.0. The topological polar surface area (TPSA) is 196 Å². The summed E-state index contributed by atoms with van der Waals surface area (Å²) in [7, 11) is 7.25. The zero-order chi connectivity index (χ0) is 43.1. The fraction of sp³-hybridized carbons (Fsp3) is 0.194. The minimum atomic E-state index is -1.35. The zero-order valence-corrected chi connectivity index (χ0v) is 38.0. The number of imidazole rings is 3. The summed E-state index contributed by atoms with van der Waals surface area (Å²) in [6.45, 7) is 9.32. The number of hydrogen-bond donors (Lipinski definition) is 1. The summed E-state index contributed by atoms with van der Waals surface area (Å²) in [4.78, 5) is 58.9. The van der Waals surface area contributed by atoms with Gasteiger partial charge in [-0.1, -0.05) is 46.4 Å². The Morgan fingerprint density at radius 3 is 1.52 bits per heavy atom. The summed E-state index contributed by atoms with van der Waals surface area (Å²) in [5.41, 5.74) is 4.33. The number of nitrogens with zero attached hydrogens (tertiary/aromatic N) is 8. The molecule has 6 heterocycles. The van der Waals surface area contributed by atoms with Crippen molar-refractivity contribution >= 4 is 82.2 Å². The van der Waals surface area contributed by atoms with E-state index in [4.69, 9.17) is 46.4 Å². The van der Waals surface area contributed by atoms with Gasteiger partial charge in [0.25, 0.3) is 0 Å². The molecule has 0 aliphatic carbocycles. The largest absolute Gasteiger partial charge is 1.00 e. The summed E-state index contributed by atoms with van der Waals surface area (Å²) in [6, 6.07) is 4.13. The molecule has 0 saturated carbocycles. The van der Waals surface area contributed by atoms with E-state index in [1.54, 1.807) is 40.5 Å². The van der Waals surface area contributed by atoms with Crippen molar-refractivity contribution in [2.75, 3.05) is 14.2 Å². The number of carboxylic acids is 1. The average Bonchev–Trinajstić information content (AvgIpc) is 3.99. The molecular weight excluding hydrogens is 865 g/mol. The number of halogens is 4. The van der Waals surface area contributed by atoms with E-state index >= 15 is 0 Å². The zero-order valence-electron chi connectivity index (χ0n) is 32.6. The molecule has 0 bridgehead atoms. The molecule has 6 aromatic rings. The number of nitrogens with one attached hydrogen (secondary N) is 1. The standard InChI is InChI=1S/C11H10ClN3O2.C10H8ClN3O2.C7H5Cl2NO2.C4H6N2.C4H6.Li.H4P2/c1-7-5-15(6-14-7)10-4-13-9(3-8(10)12)11(16)17-2;1-6-4-14(5-13-6)9-3-12-8(10(15)16)2-7(9)11;1-12-7(11)4-2-5(8)6(9)10-3-4;1-4-2-5-3-6-4;1-3-4-2;;1-2/h3-6H,1-2H3;2-5H,1H3,(H,15,16);2-3H,1H3;2-3H,1H3,(H,5,6);1-2H3;;1-2H2/q;;;;;+1;/p-1. The molecule has 0 aliphatic rings. The van der Waals surface area contributed by atoms with E-state index in [1.165, 1.54) is 51.0 Å². The first-order valence-electron chi connectivity index (χ1n) is 15.8. The number of aryl methyl sites for hydroxylation is 3. The number of aromatic amines is 1. The number of pyridine rings is 3. The Morgan fingerprint density at radius 1 is 0.707 bits per heavy atom. The fourth-order valence-electron chi connectivity index (χ4n) is 3.64. The van der Waals surface area contributed by atoms with Gasteiger partial charge in [-0.05, 0) is 52.8 Å². The number of aromatic carboxylic acids is 1. The maximum Gasteiger partial charge on any atom is 1.00 e. The van der Waals surface area contributed by atoms with Gasteiger partial charge in [0.15, 0.2) is 0 Å². The monoisotopic (exact) mass is 901 g/mol. The van der Waals surface area contributed by atoms with Gasteiger partial charge in [-0.2, -0.15) is 0 Å². The molecule has 302 valence electrons. The van der Waals surface area contributed by atoms with Crippen molar-refractivity contribution in [1.29, 1.82) is 0 Å². The van der Waals surface area contributed by atoms with Gasteiger partial charge < -0.3 is 33.5 Å². The van der Waals surface area contributed by atoms with Crippen molar-refractivity contribution in [2.45, 2.75) is 34.6 Å². The molecule has 0 amide bonds. The van der Waals surface area contributed by atoms with Crippen LogP contribution in [-0.4, -0.2) is 76.1 Å². The van der Waals surface area contributed by atoms with Crippen LogP contribution in [0.4, 0.5) is 0 Å². The minimum Gasteiger partial charge on any atom is -0.543 e. The van der Waals surface area contributed by atoms with Gasteiger partial charge in [0, 0.05) is 30.5 Å². The van der Waals surface area contributed by atoms with E-state index in [0.717, 1.165) is 17.1 Å². The first-order chi connectivity index (χ1) is 27.1. The Hall–Kier alpha value is -4.33. The van der Waals surface area contributed by atoms with E-state index in [9.17, 15) is 19.5 Å². The second-order valence-electron chi connectivity index (χ2n) is 10.4. The Balaban J connectivity index is 0.000000737. The number of ether oxygens (including phenoxy) is 2. The maximum absolute atomic E-state index is 11.3. The summed E-state index contributed by atoms with van der Waals surface area (Å²) in [6.07, 6.45) is 14.4. The molecule has 0 saturated heterocycles. The molecule has 2 unspecified atom stereocenters. The van der Waals surface area contributed by atoms with Gasteiger partial charge >= 0.3 is 30.8 Å². The van der Waals surface area contributed by atoms with E-state index in [1.807, 2.05) is 40.8 Å². The first-order valence-corrected chi connectivity index (χ1v) is 20.0. The van der Waals surface area contributed by atoms with E-state index in [-0.39, 0.29) is 51.0 Å². The van der Waals surface area contributed by atoms with Crippen LogP contribution in [0.1, 0.15) is 62.3 Å². The van der Waals surface area contributed by atoms with Crippen LogP contribution in [0.25, 0.3) is 11.4 Å². The van der Waals surface area contributed by atoms with Crippen LogP contribution in [-0.2, 0) is 9.47 Å². The average molecular weight is 903 g/mol. The van der Waals surface area contributed by atoms with Crippen LogP contribution in [0.5, 0.6) is 0 Å². The van der Waals surface area contributed by atoms with Crippen LogP contribution in [0.15, 0.2) is 74.4 Å². The maximum atomic E-state index is 11.3. The van der Waals surface area contributed by atoms with Gasteiger partial charge in [0.05, 0.1) is 101 Å². The Bertz CT molecular complexity index is 2260. The van der Waals surface area contributed by atoms with Crippen molar-refractivity contribution in [3.8, 4) is 23.2 Å². The van der Waals surface area contributed by atoms with Gasteiger partial charge in [-0.25, -0.2) is 34.5 Å². The second-order valence-corrected chi connectivity index (χ2v) is 12.0. The molecule has 1 N–H and O–H groups in total. The molecule has 58 heavy (non-hydrogen) atoms. The Labute approximate surface area is 372 Å². The number of carbonyl (C=O) groups excluding carboxylic acids is 3. The van der Waals surface area contributed by atoms with E-state index in [0.29, 0.717) is 16.4 Å². The molecule has 6 aromatic heterocycles. The van der Waals surface area contributed by atoms with Crippen molar-refractivity contribution in [3.63, 3.8) is 0 Å². The summed E-state index contributed by atoms with van der Waals surface area (Å²) in [5, 5.41) is 11.7. The molecule has 22 heteroatoms. The van der Waals surface area contributed by atoms with Gasteiger partial charge in [-0.15, -0.1) is 29.7 Å². The number of rotatable bonds is 5. The van der Waals surface area contributed by atoms with Crippen LogP contribution in [0, 0.1) is 32.6 Å². The smallest absolute Gasteiger partial charge is 0.543 e. The number of carboxylic acid groups (broad SMARTS) is 1. The predicted octanol–water partition coefficient (Wildman–Crippen LogP) is 4.19. The van der Waals surface area contributed by atoms with Crippen molar-refractivity contribution in [1.82, 2.24) is 44.0 Å². The normalized spacial score (nSPS) is 9.12. The van der Waals surface area contributed by atoms with E-state index < -0.39 is 17.9 Å². The number of H-pyrrole nitrogens is 1. The molecule has 0 aromatic carbocycles. The SMILES string of the molecule is CC#CC.COC(=O)c1cc(Cl)c(-n2cnc(C)c2)cn1.COC(=O)c1cnc(Cl)c(Cl)c1.Cc1cn(-c2cnc(C(=O)[O-])cc2Cl)cn1.Cc1cnc[nH]1.PP.[Li+]. The van der Waals surface area contributed by atoms with Gasteiger partial charge in [0.1, 0.15) is 10.8 Å². The molecule has 0 fully saturated rings. The third kappa shape index (κ3) is 18.5. The number of hydrogen-bond acceptors (Lipinski definition) is 12. The number of carbonyl (C=O) groups is 3. The number of aromatic nitrogens is 9. The van der Waals surface area contributed by atoms with Gasteiger partial charge in [-0.3, -0.25) is 4.98 Å². The summed E-state index contributed by atoms with van der Waals surface area (Å²) < 4.78 is 12.4. The summed E-state index contributed by atoms with van der Waals surface area (Å²) >= 11 is 23.2. The third-order valence-electron chi connectivity index (χ3n) is 6.35. The molecular formula is C36H38Cl4LiN9O6P2. The third-order valence-corrected chi connectivity index (χ3v) is 7.65. The predicted molar refractivity (Wildman–Crippen MR) is 225 cm³/mol. The van der Waals surface area contributed by atoms with Gasteiger partial charge in [0.2, 0.25) is 0 Å². The molecule has 0 aliphatic heterocycles. The quantitative estimate of drug-likeness (QED) is 0.0854.